The number of hydrogen-bond acceptors (Lipinski definition) is 7. The van der Waals surface area contributed by atoms with Gasteiger partial charge in [0.05, 0.1) is 22.6 Å². The Hall–Kier alpha value is -2.32. The van der Waals surface area contributed by atoms with Crippen LogP contribution in [0.3, 0.4) is 0 Å². The third kappa shape index (κ3) is 3.54. The predicted molar refractivity (Wildman–Crippen MR) is 95.1 cm³/mol. The van der Waals surface area contributed by atoms with Crippen molar-refractivity contribution in [3.63, 3.8) is 0 Å². The monoisotopic (exact) mass is 346 g/mol. The second-order valence-corrected chi connectivity index (χ2v) is 6.86. The van der Waals surface area contributed by atoms with Crippen LogP contribution in [0.2, 0.25) is 0 Å². The Morgan fingerprint density at radius 2 is 2.26 bits per heavy atom. The fourth-order valence-corrected chi connectivity index (χ4v) is 3.50. The van der Waals surface area contributed by atoms with E-state index in [1.807, 2.05) is 25.1 Å². The van der Waals surface area contributed by atoms with Gasteiger partial charge in [0.15, 0.2) is 10.3 Å². The summed E-state index contributed by atoms with van der Waals surface area (Å²) in [5, 5.41) is 3.79. The number of aliphatic imine (C=N–C) groups is 1. The Morgan fingerprint density at radius 1 is 1.43 bits per heavy atom. The molecule has 0 unspecified atom stereocenters. The van der Waals surface area contributed by atoms with Gasteiger partial charge >= 0.3 is 0 Å². The third-order valence-electron chi connectivity index (χ3n) is 3.09. The number of nitrogens with one attached hydrogen (secondary N) is 1. The van der Waals surface area contributed by atoms with Crippen molar-refractivity contribution in [1.29, 1.82) is 0 Å². The molecule has 1 aromatic heterocycles. The number of rotatable bonds is 3. The molecule has 1 aliphatic heterocycles. The van der Waals surface area contributed by atoms with Gasteiger partial charge in [-0.2, -0.15) is 0 Å². The highest BCUT2D eigenvalue weighted by Crippen LogP contribution is 2.31. The zero-order valence-electron chi connectivity index (χ0n) is 12.5. The van der Waals surface area contributed by atoms with Crippen molar-refractivity contribution >= 4 is 51.1 Å². The number of methoxy groups -OCH3 is 1. The standard InChI is InChI=1S/C15H14N4O2S2/c1-8-5-9(21-2)3-4-11(8)18-15-19-13(20)12(23-15)6-10-7-17-14(16)22-10/h3-7H,1-2H3,(H2,16,17)(H,18,19,20). The summed E-state index contributed by atoms with van der Waals surface area (Å²) in [7, 11) is 1.62. The first kappa shape index (κ1) is 15.6. The third-order valence-corrected chi connectivity index (χ3v) is 4.78. The van der Waals surface area contributed by atoms with Crippen LogP contribution >= 0.6 is 23.1 Å². The van der Waals surface area contributed by atoms with E-state index >= 15 is 0 Å². The summed E-state index contributed by atoms with van der Waals surface area (Å²) in [4.78, 5) is 21.9. The number of aryl methyl sites for hydroxylation is 1. The van der Waals surface area contributed by atoms with Gasteiger partial charge in [0.2, 0.25) is 0 Å². The Morgan fingerprint density at radius 3 is 2.91 bits per heavy atom. The zero-order chi connectivity index (χ0) is 16.4. The number of amides is 1. The summed E-state index contributed by atoms with van der Waals surface area (Å²) >= 11 is 2.63. The molecular weight excluding hydrogens is 332 g/mol. The number of nitrogens with two attached hydrogens (primary N) is 1. The van der Waals surface area contributed by atoms with E-state index in [1.54, 1.807) is 19.4 Å². The summed E-state index contributed by atoms with van der Waals surface area (Å²) in [6, 6.07) is 5.60. The first-order chi connectivity index (χ1) is 11.0. The maximum Gasteiger partial charge on any atom is 0.264 e. The largest absolute Gasteiger partial charge is 0.497 e. The Balaban J connectivity index is 1.83. The highest BCUT2D eigenvalue weighted by atomic mass is 32.2. The number of benzene rings is 1. The maximum absolute atomic E-state index is 12.0. The number of carbonyl (C=O) groups excluding carboxylic acids is 1. The number of thioether (sulfide) groups is 1. The molecule has 0 saturated carbocycles. The maximum atomic E-state index is 12.0. The van der Waals surface area contributed by atoms with Crippen molar-refractivity contribution in [3.8, 4) is 5.75 Å². The molecule has 1 aliphatic rings. The van der Waals surface area contributed by atoms with Gasteiger partial charge in [-0.1, -0.05) is 11.3 Å². The second kappa shape index (κ2) is 6.43. The van der Waals surface area contributed by atoms with Crippen molar-refractivity contribution in [2.75, 3.05) is 12.8 Å². The lowest BCUT2D eigenvalue weighted by atomic mass is 10.2. The first-order valence-electron chi connectivity index (χ1n) is 6.70. The molecule has 1 aromatic carbocycles. The smallest absolute Gasteiger partial charge is 0.264 e. The lowest BCUT2D eigenvalue weighted by Crippen LogP contribution is -2.19. The van der Waals surface area contributed by atoms with E-state index in [0.29, 0.717) is 15.2 Å². The van der Waals surface area contributed by atoms with E-state index in [9.17, 15) is 4.79 Å². The zero-order valence-corrected chi connectivity index (χ0v) is 14.1. The number of nitrogens with zero attached hydrogens (tertiary/aromatic N) is 2. The summed E-state index contributed by atoms with van der Waals surface area (Å²) < 4.78 is 5.17. The van der Waals surface area contributed by atoms with Gasteiger partial charge < -0.3 is 15.8 Å². The molecule has 2 aromatic rings. The lowest BCUT2D eigenvalue weighted by Gasteiger charge is -2.04. The quantitative estimate of drug-likeness (QED) is 0.834. The highest BCUT2D eigenvalue weighted by Gasteiger charge is 2.24. The number of hydrogen-bond donors (Lipinski definition) is 2. The molecular formula is C15H14N4O2S2. The fourth-order valence-electron chi connectivity index (χ4n) is 1.97. The topological polar surface area (TPSA) is 89.6 Å². The van der Waals surface area contributed by atoms with E-state index in [2.05, 4.69) is 15.3 Å². The van der Waals surface area contributed by atoms with Crippen molar-refractivity contribution in [1.82, 2.24) is 10.3 Å². The van der Waals surface area contributed by atoms with Crippen molar-refractivity contribution in [3.05, 3.63) is 39.7 Å². The number of carbonyl (C=O) groups is 1. The first-order valence-corrected chi connectivity index (χ1v) is 8.34. The Bertz CT molecular complexity index is 827. The molecule has 1 amide bonds. The minimum atomic E-state index is -0.174. The molecule has 118 valence electrons. The van der Waals surface area contributed by atoms with Crippen molar-refractivity contribution < 1.29 is 9.53 Å². The molecule has 1 saturated heterocycles. The molecule has 0 bridgehead atoms. The highest BCUT2D eigenvalue weighted by molar-refractivity contribution is 8.18. The average Bonchev–Trinajstić information content (AvgIpc) is 3.08. The minimum absolute atomic E-state index is 0.174. The van der Waals surface area contributed by atoms with Gasteiger partial charge in [0, 0.05) is 6.20 Å². The van der Waals surface area contributed by atoms with E-state index in [1.165, 1.54) is 23.1 Å². The Labute approximate surface area is 141 Å². The molecule has 23 heavy (non-hydrogen) atoms. The number of ether oxygens (including phenoxy) is 1. The normalized spacial score (nSPS) is 17.7. The van der Waals surface area contributed by atoms with Crippen LogP contribution < -0.4 is 15.8 Å². The van der Waals surface area contributed by atoms with Crippen LogP contribution in [0.5, 0.6) is 5.75 Å². The molecule has 8 heteroatoms. The van der Waals surface area contributed by atoms with E-state index < -0.39 is 0 Å². The number of aromatic nitrogens is 1. The molecule has 2 heterocycles. The molecule has 0 radical (unpaired) electrons. The van der Waals surface area contributed by atoms with Crippen LogP contribution in [0.4, 0.5) is 10.8 Å². The van der Waals surface area contributed by atoms with Gasteiger partial charge in [-0.05, 0) is 48.5 Å². The molecule has 0 spiro atoms. The van der Waals surface area contributed by atoms with Gasteiger partial charge in [0.1, 0.15) is 5.75 Å². The molecule has 0 aliphatic carbocycles. The van der Waals surface area contributed by atoms with Gasteiger partial charge in [0.25, 0.3) is 5.91 Å². The van der Waals surface area contributed by atoms with E-state index in [4.69, 9.17) is 10.5 Å². The predicted octanol–water partition coefficient (Wildman–Crippen LogP) is 2.93. The summed E-state index contributed by atoms with van der Waals surface area (Å²) in [6.07, 6.45) is 3.40. The number of thiazole rings is 1. The second-order valence-electron chi connectivity index (χ2n) is 4.74. The molecule has 3 N–H and O–H groups in total. The van der Waals surface area contributed by atoms with E-state index in [0.717, 1.165) is 21.9 Å². The summed E-state index contributed by atoms with van der Waals surface area (Å²) in [6.45, 7) is 1.94. The van der Waals surface area contributed by atoms with Crippen molar-refractivity contribution in [2.24, 2.45) is 4.99 Å². The molecule has 1 fully saturated rings. The van der Waals surface area contributed by atoms with Crippen LogP contribution in [0.15, 0.2) is 34.3 Å². The van der Waals surface area contributed by atoms with Crippen LogP contribution in [-0.2, 0) is 4.79 Å². The van der Waals surface area contributed by atoms with Gasteiger partial charge in [-0.25, -0.2) is 9.98 Å². The summed E-state index contributed by atoms with van der Waals surface area (Å²) in [5.41, 5.74) is 7.35. The van der Waals surface area contributed by atoms with Gasteiger partial charge in [-0.3, -0.25) is 4.79 Å². The molecule has 3 rings (SSSR count). The minimum Gasteiger partial charge on any atom is -0.497 e. The summed E-state index contributed by atoms with van der Waals surface area (Å²) in [5.74, 6) is 0.602. The fraction of sp³-hybridized carbons (Fsp3) is 0.133. The van der Waals surface area contributed by atoms with Crippen LogP contribution in [0, 0.1) is 6.92 Å². The molecule has 0 atom stereocenters. The van der Waals surface area contributed by atoms with Gasteiger partial charge in [-0.15, -0.1) is 0 Å². The number of nitrogen functional groups attached to an aromatic ring is 1. The lowest BCUT2D eigenvalue weighted by molar-refractivity contribution is -0.115. The van der Waals surface area contributed by atoms with Crippen molar-refractivity contribution in [2.45, 2.75) is 6.92 Å². The van der Waals surface area contributed by atoms with E-state index in [-0.39, 0.29) is 5.91 Å². The van der Waals surface area contributed by atoms with Crippen LogP contribution in [0.1, 0.15) is 10.4 Å². The van der Waals surface area contributed by atoms with Crippen LogP contribution in [-0.4, -0.2) is 23.2 Å². The average molecular weight is 346 g/mol. The number of amidine groups is 1. The molecule has 6 nitrogen and oxygen atoms in total. The SMILES string of the molecule is COc1ccc(N=C2NC(=O)C(=Cc3cnc(N)s3)S2)c(C)c1. The number of anilines is 1. The Kier molecular flexibility index (Phi) is 4.35. The van der Waals surface area contributed by atoms with Crippen LogP contribution in [0.25, 0.3) is 6.08 Å².